The maximum Gasteiger partial charge on any atom is 0.00388 e. The molecule has 0 fully saturated rings. The standard InChI is InChI=1S/C19H41N/c1-3-5-7-8-9-10-11-12-13-14-15-16-18-19(20)17-6-4-2/h19H,3-18,20H2,1-2H3. The zero-order chi connectivity index (χ0) is 14.9. The van der Waals surface area contributed by atoms with Gasteiger partial charge in [0.05, 0.1) is 0 Å². The van der Waals surface area contributed by atoms with E-state index in [0.29, 0.717) is 6.04 Å². The molecular formula is C19H41N. The van der Waals surface area contributed by atoms with Crippen LogP contribution in [-0.2, 0) is 0 Å². The average molecular weight is 284 g/mol. The van der Waals surface area contributed by atoms with Crippen molar-refractivity contribution in [3.8, 4) is 0 Å². The second-order valence-electron chi connectivity index (χ2n) is 6.58. The van der Waals surface area contributed by atoms with Crippen LogP contribution in [0.5, 0.6) is 0 Å². The van der Waals surface area contributed by atoms with Gasteiger partial charge in [-0.2, -0.15) is 0 Å². The van der Waals surface area contributed by atoms with Crippen LogP contribution in [0.25, 0.3) is 0 Å². The van der Waals surface area contributed by atoms with Crippen LogP contribution < -0.4 is 5.73 Å². The van der Waals surface area contributed by atoms with Crippen molar-refractivity contribution in [2.75, 3.05) is 0 Å². The number of unbranched alkanes of at least 4 members (excludes halogenated alkanes) is 12. The molecule has 122 valence electrons. The molecule has 0 rings (SSSR count). The monoisotopic (exact) mass is 283 g/mol. The van der Waals surface area contributed by atoms with Gasteiger partial charge in [0.15, 0.2) is 0 Å². The molecule has 1 nitrogen and oxygen atoms in total. The Bertz CT molecular complexity index is 167. The van der Waals surface area contributed by atoms with E-state index in [1.165, 1.54) is 103 Å². The quantitative estimate of drug-likeness (QED) is 0.317. The van der Waals surface area contributed by atoms with Gasteiger partial charge < -0.3 is 5.73 Å². The highest BCUT2D eigenvalue weighted by molar-refractivity contribution is 4.61. The van der Waals surface area contributed by atoms with E-state index in [9.17, 15) is 0 Å². The Morgan fingerprint density at radius 3 is 1.30 bits per heavy atom. The number of rotatable bonds is 16. The van der Waals surface area contributed by atoms with Crippen LogP contribution in [0.1, 0.15) is 117 Å². The van der Waals surface area contributed by atoms with E-state index in [0.717, 1.165) is 0 Å². The molecule has 0 saturated carbocycles. The van der Waals surface area contributed by atoms with Crippen molar-refractivity contribution in [3.05, 3.63) is 0 Å². The Hall–Kier alpha value is -0.0400. The summed E-state index contributed by atoms with van der Waals surface area (Å²) in [4.78, 5) is 0. The molecule has 1 atom stereocenters. The van der Waals surface area contributed by atoms with E-state index in [4.69, 9.17) is 5.73 Å². The highest BCUT2D eigenvalue weighted by atomic mass is 14.6. The molecule has 0 amide bonds. The van der Waals surface area contributed by atoms with Gasteiger partial charge in [0.2, 0.25) is 0 Å². The van der Waals surface area contributed by atoms with Crippen LogP contribution in [0.15, 0.2) is 0 Å². The topological polar surface area (TPSA) is 26.0 Å². The van der Waals surface area contributed by atoms with Gasteiger partial charge >= 0.3 is 0 Å². The molecule has 0 bridgehead atoms. The third-order valence-electron chi connectivity index (χ3n) is 4.36. The van der Waals surface area contributed by atoms with Gasteiger partial charge in [-0.1, -0.05) is 104 Å². The molecule has 0 aliphatic heterocycles. The lowest BCUT2D eigenvalue weighted by Gasteiger charge is -2.10. The predicted molar refractivity (Wildman–Crippen MR) is 93.2 cm³/mol. The number of nitrogens with two attached hydrogens (primary N) is 1. The van der Waals surface area contributed by atoms with Gasteiger partial charge in [0.25, 0.3) is 0 Å². The van der Waals surface area contributed by atoms with Gasteiger partial charge in [0.1, 0.15) is 0 Å². The molecular weight excluding hydrogens is 242 g/mol. The van der Waals surface area contributed by atoms with Crippen molar-refractivity contribution in [2.45, 2.75) is 123 Å². The zero-order valence-electron chi connectivity index (χ0n) is 14.5. The molecule has 20 heavy (non-hydrogen) atoms. The number of hydrogen-bond donors (Lipinski definition) is 1. The fraction of sp³-hybridized carbons (Fsp3) is 1.00. The minimum Gasteiger partial charge on any atom is -0.328 e. The van der Waals surface area contributed by atoms with E-state index >= 15 is 0 Å². The Kier molecular flexibility index (Phi) is 17.0. The van der Waals surface area contributed by atoms with E-state index in [-0.39, 0.29) is 0 Å². The molecule has 0 heterocycles. The number of hydrogen-bond acceptors (Lipinski definition) is 1. The van der Waals surface area contributed by atoms with E-state index in [1.54, 1.807) is 0 Å². The summed E-state index contributed by atoms with van der Waals surface area (Å²) in [5, 5.41) is 0. The molecule has 0 aliphatic rings. The summed E-state index contributed by atoms with van der Waals surface area (Å²) >= 11 is 0. The summed E-state index contributed by atoms with van der Waals surface area (Å²) in [5.74, 6) is 0. The van der Waals surface area contributed by atoms with E-state index < -0.39 is 0 Å². The molecule has 0 aromatic carbocycles. The minimum absolute atomic E-state index is 0.470. The second-order valence-corrected chi connectivity index (χ2v) is 6.58. The summed E-state index contributed by atoms with van der Waals surface area (Å²) in [6.07, 6.45) is 22.2. The molecule has 1 unspecified atom stereocenters. The Morgan fingerprint density at radius 1 is 0.500 bits per heavy atom. The lowest BCUT2D eigenvalue weighted by Crippen LogP contribution is -2.19. The van der Waals surface area contributed by atoms with Crippen LogP contribution in [0.2, 0.25) is 0 Å². The molecule has 1 heteroatoms. The second kappa shape index (κ2) is 17.0. The zero-order valence-corrected chi connectivity index (χ0v) is 14.5. The van der Waals surface area contributed by atoms with Crippen molar-refractivity contribution >= 4 is 0 Å². The van der Waals surface area contributed by atoms with Crippen molar-refractivity contribution in [3.63, 3.8) is 0 Å². The summed E-state index contributed by atoms with van der Waals surface area (Å²) in [6, 6.07) is 0.470. The fourth-order valence-electron chi connectivity index (χ4n) is 2.86. The first kappa shape index (κ1) is 20.0. The van der Waals surface area contributed by atoms with Gasteiger partial charge in [-0.15, -0.1) is 0 Å². The molecule has 0 spiro atoms. The maximum absolute atomic E-state index is 6.09. The van der Waals surface area contributed by atoms with Gasteiger partial charge in [-0.25, -0.2) is 0 Å². The summed E-state index contributed by atoms with van der Waals surface area (Å²) in [5.41, 5.74) is 6.09. The normalized spacial score (nSPS) is 12.8. The maximum atomic E-state index is 6.09. The van der Waals surface area contributed by atoms with Crippen molar-refractivity contribution in [1.82, 2.24) is 0 Å². The summed E-state index contributed by atoms with van der Waals surface area (Å²) < 4.78 is 0. The molecule has 0 saturated heterocycles. The van der Waals surface area contributed by atoms with Gasteiger partial charge in [0, 0.05) is 6.04 Å². The van der Waals surface area contributed by atoms with Crippen LogP contribution in [0, 0.1) is 0 Å². The molecule has 2 N–H and O–H groups in total. The van der Waals surface area contributed by atoms with Crippen molar-refractivity contribution < 1.29 is 0 Å². The van der Waals surface area contributed by atoms with Crippen molar-refractivity contribution in [1.29, 1.82) is 0 Å². The third kappa shape index (κ3) is 16.0. The van der Waals surface area contributed by atoms with E-state index in [2.05, 4.69) is 13.8 Å². The van der Waals surface area contributed by atoms with Crippen LogP contribution in [0.4, 0.5) is 0 Å². The summed E-state index contributed by atoms with van der Waals surface area (Å²) in [7, 11) is 0. The Balaban J connectivity index is 3.02. The smallest absolute Gasteiger partial charge is 0.00388 e. The fourth-order valence-corrected chi connectivity index (χ4v) is 2.86. The molecule has 0 radical (unpaired) electrons. The average Bonchev–Trinajstić information content (AvgIpc) is 2.46. The predicted octanol–water partition coefficient (Wildman–Crippen LogP) is 6.60. The molecule has 0 aromatic heterocycles. The largest absolute Gasteiger partial charge is 0.328 e. The Labute approximate surface area is 129 Å². The highest BCUT2D eigenvalue weighted by Gasteiger charge is 2.01. The first-order valence-corrected chi connectivity index (χ1v) is 9.56. The third-order valence-corrected chi connectivity index (χ3v) is 4.36. The summed E-state index contributed by atoms with van der Waals surface area (Å²) in [6.45, 7) is 4.53. The van der Waals surface area contributed by atoms with Crippen molar-refractivity contribution in [2.24, 2.45) is 5.73 Å². The lowest BCUT2D eigenvalue weighted by molar-refractivity contribution is 0.492. The Morgan fingerprint density at radius 2 is 0.850 bits per heavy atom. The van der Waals surface area contributed by atoms with Crippen LogP contribution in [-0.4, -0.2) is 6.04 Å². The van der Waals surface area contributed by atoms with Crippen LogP contribution >= 0.6 is 0 Å². The lowest BCUT2D eigenvalue weighted by atomic mass is 10.0. The van der Waals surface area contributed by atoms with E-state index in [1.807, 2.05) is 0 Å². The first-order valence-electron chi connectivity index (χ1n) is 9.56. The van der Waals surface area contributed by atoms with Crippen LogP contribution in [0.3, 0.4) is 0 Å². The highest BCUT2D eigenvalue weighted by Crippen LogP contribution is 2.13. The van der Waals surface area contributed by atoms with Gasteiger partial charge in [-0.05, 0) is 12.8 Å². The van der Waals surface area contributed by atoms with Gasteiger partial charge in [-0.3, -0.25) is 0 Å². The first-order chi connectivity index (χ1) is 9.81. The molecule has 0 aromatic rings. The minimum atomic E-state index is 0.470. The SMILES string of the molecule is CCCCCCCCCCCCCCC(N)CCCC. The molecule has 0 aliphatic carbocycles.